The van der Waals surface area contributed by atoms with Crippen molar-refractivity contribution in [1.29, 1.82) is 0 Å². The molecule has 1 aromatic rings. The highest BCUT2D eigenvalue weighted by molar-refractivity contribution is 5.92. The topological polar surface area (TPSA) is 62.9 Å². The average molecular weight is 276 g/mol. The van der Waals surface area contributed by atoms with E-state index in [-0.39, 0.29) is 0 Å². The van der Waals surface area contributed by atoms with Crippen molar-refractivity contribution in [3.63, 3.8) is 0 Å². The fourth-order valence-corrected chi connectivity index (χ4v) is 2.14. The van der Waals surface area contributed by atoms with Crippen LogP contribution in [0.3, 0.4) is 0 Å². The second kappa shape index (κ2) is 7.26. The van der Waals surface area contributed by atoms with Crippen LogP contribution in [0.5, 0.6) is 0 Å². The van der Waals surface area contributed by atoms with E-state index in [4.69, 9.17) is 10.5 Å². The number of rotatable bonds is 4. The number of morpholine rings is 1. The number of aryl methyl sites for hydroxylation is 2. The molecule has 3 N–H and O–H groups in total. The van der Waals surface area contributed by atoms with E-state index in [9.17, 15) is 0 Å². The smallest absolute Gasteiger partial charge is 0.193 e. The third-order valence-corrected chi connectivity index (χ3v) is 3.58. The van der Waals surface area contributed by atoms with Gasteiger partial charge in [-0.25, -0.2) is 0 Å². The van der Waals surface area contributed by atoms with Crippen molar-refractivity contribution in [2.24, 2.45) is 10.7 Å². The molecule has 0 radical (unpaired) electrons. The van der Waals surface area contributed by atoms with Crippen LogP contribution in [0.2, 0.25) is 0 Å². The van der Waals surface area contributed by atoms with Crippen molar-refractivity contribution in [2.45, 2.75) is 13.8 Å². The average Bonchev–Trinajstić information content (AvgIpc) is 2.44. The quantitative estimate of drug-likeness (QED) is 0.644. The van der Waals surface area contributed by atoms with Gasteiger partial charge >= 0.3 is 0 Å². The number of guanidine groups is 1. The molecule has 0 atom stereocenters. The summed E-state index contributed by atoms with van der Waals surface area (Å²) < 4.78 is 5.31. The van der Waals surface area contributed by atoms with Gasteiger partial charge in [-0.15, -0.1) is 0 Å². The van der Waals surface area contributed by atoms with E-state index < -0.39 is 0 Å². The maximum absolute atomic E-state index is 5.91. The first-order valence-corrected chi connectivity index (χ1v) is 7.09. The van der Waals surface area contributed by atoms with Crippen LogP contribution in [0.1, 0.15) is 11.1 Å². The van der Waals surface area contributed by atoms with Crippen molar-refractivity contribution in [3.8, 4) is 0 Å². The summed E-state index contributed by atoms with van der Waals surface area (Å²) in [5.74, 6) is 0.474. The van der Waals surface area contributed by atoms with E-state index in [0.717, 1.165) is 38.5 Å². The van der Waals surface area contributed by atoms with Crippen molar-refractivity contribution in [2.75, 3.05) is 44.7 Å². The number of ether oxygens (including phenoxy) is 1. The molecule has 0 aliphatic carbocycles. The lowest BCUT2D eigenvalue weighted by atomic mass is 10.1. The zero-order chi connectivity index (χ0) is 14.4. The van der Waals surface area contributed by atoms with Gasteiger partial charge in [0.2, 0.25) is 0 Å². The van der Waals surface area contributed by atoms with Crippen molar-refractivity contribution >= 4 is 11.6 Å². The Balaban J connectivity index is 1.79. The Kier molecular flexibility index (Phi) is 5.38. The second-order valence-electron chi connectivity index (χ2n) is 5.15. The molecule has 5 nitrogen and oxygen atoms in total. The Morgan fingerprint density at radius 1 is 1.30 bits per heavy atom. The van der Waals surface area contributed by atoms with Gasteiger partial charge in [0.25, 0.3) is 0 Å². The van der Waals surface area contributed by atoms with E-state index in [1.807, 2.05) is 6.07 Å². The zero-order valence-electron chi connectivity index (χ0n) is 12.4. The molecule has 1 aliphatic heterocycles. The molecule has 1 heterocycles. The minimum absolute atomic E-state index is 0.474. The monoisotopic (exact) mass is 276 g/mol. The number of anilines is 1. The molecule has 2 rings (SSSR count). The van der Waals surface area contributed by atoms with Gasteiger partial charge in [0.05, 0.1) is 19.8 Å². The summed E-state index contributed by atoms with van der Waals surface area (Å²) in [7, 11) is 0. The zero-order valence-corrected chi connectivity index (χ0v) is 12.4. The standard InChI is InChI=1S/C15H24N4O/c1-12-3-4-14(11-13(12)2)18-15(16)17-5-6-19-7-9-20-10-8-19/h3-4,11H,5-10H2,1-2H3,(H3,16,17,18). The van der Waals surface area contributed by atoms with Gasteiger partial charge in [-0.2, -0.15) is 0 Å². The van der Waals surface area contributed by atoms with Gasteiger partial charge in [0, 0.05) is 25.3 Å². The number of hydrogen-bond acceptors (Lipinski definition) is 3. The minimum atomic E-state index is 0.474. The lowest BCUT2D eigenvalue weighted by Crippen LogP contribution is -2.38. The Bertz CT molecular complexity index is 467. The second-order valence-corrected chi connectivity index (χ2v) is 5.15. The fraction of sp³-hybridized carbons (Fsp3) is 0.533. The van der Waals surface area contributed by atoms with Gasteiger partial charge in [0.15, 0.2) is 5.96 Å². The van der Waals surface area contributed by atoms with E-state index in [0.29, 0.717) is 12.5 Å². The number of nitrogens with two attached hydrogens (primary N) is 1. The summed E-state index contributed by atoms with van der Waals surface area (Å²) in [4.78, 5) is 6.71. The van der Waals surface area contributed by atoms with Gasteiger partial charge in [-0.05, 0) is 37.1 Å². The lowest BCUT2D eigenvalue weighted by molar-refractivity contribution is 0.0394. The predicted molar refractivity (Wildman–Crippen MR) is 83.3 cm³/mol. The van der Waals surface area contributed by atoms with Crippen LogP contribution in [-0.4, -0.2) is 50.3 Å². The molecule has 0 bridgehead atoms. The summed E-state index contributed by atoms with van der Waals surface area (Å²) in [6, 6.07) is 6.19. The van der Waals surface area contributed by atoms with Crippen LogP contribution in [0.4, 0.5) is 5.69 Å². The first-order chi connectivity index (χ1) is 9.65. The van der Waals surface area contributed by atoms with Crippen molar-refractivity contribution in [3.05, 3.63) is 29.3 Å². The predicted octanol–water partition coefficient (Wildman–Crippen LogP) is 1.36. The van der Waals surface area contributed by atoms with E-state index in [2.05, 4.69) is 41.2 Å². The maximum Gasteiger partial charge on any atom is 0.193 e. The lowest BCUT2D eigenvalue weighted by Gasteiger charge is -2.25. The number of nitrogens with one attached hydrogen (secondary N) is 1. The molecular formula is C15H24N4O. The van der Waals surface area contributed by atoms with Gasteiger partial charge in [0.1, 0.15) is 0 Å². The van der Waals surface area contributed by atoms with Crippen molar-refractivity contribution in [1.82, 2.24) is 4.90 Å². The molecule has 0 saturated carbocycles. The molecule has 20 heavy (non-hydrogen) atoms. The first-order valence-electron chi connectivity index (χ1n) is 7.09. The molecule has 0 aromatic heterocycles. The van der Waals surface area contributed by atoms with E-state index in [1.165, 1.54) is 11.1 Å². The number of aliphatic imine (C=N–C) groups is 1. The Morgan fingerprint density at radius 3 is 2.75 bits per heavy atom. The number of benzene rings is 1. The molecule has 1 saturated heterocycles. The van der Waals surface area contributed by atoms with Crippen LogP contribution in [0, 0.1) is 13.8 Å². The molecular weight excluding hydrogens is 252 g/mol. The molecule has 0 spiro atoms. The first kappa shape index (κ1) is 14.8. The van der Waals surface area contributed by atoms with Crippen LogP contribution < -0.4 is 11.1 Å². The molecule has 1 fully saturated rings. The molecule has 5 heteroatoms. The summed E-state index contributed by atoms with van der Waals surface area (Å²) in [6.07, 6.45) is 0. The summed E-state index contributed by atoms with van der Waals surface area (Å²) >= 11 is 0. The molecule has 1 aromatic carbocycles. The highest BCUT2D eigenvalue weighted by Gasteiger charge is 2.08. The number of hydrogen-bond donors (Lipinski definition) is 2. The summed E-state index contributed by atoms with van der Waals surface area (Å²) in [5.41, 5.74) is 9.41. The highest BCUT2D eigenvalue weighted by atomic mass is 16.5. The molecule has 110 valence electrons. The SMILES string of the molecule is Cc1ccc(NC(N)=NCCN2CCOCC2)cc1C. The van der Waals surface area contributed by atoms with Gasteiger partial charge < -0.3 is 15.8 Å². The van der Waals surface area contributed by atoms with Crippen LogP contribution in [0.15, 0.2) is 23.2 Å². The number of nitrogens with zero attached hydrogens (tertiary/aromatic N) is 2. The third kappa shape index (κ3) is 4.51. The van der Waals surface area contributed by atoms with E-state index in [1.54, 1.807) is 0 Å². The molecule has 0 amide bonds. The maximum atomic E-state index is 5.91. The van der Waals surface area contributed by atoms with Gasteiger partial charge in [-0.3, -0.25) is 9.89 Å². The summed E-state index contributed by atoms with van der Waals surface area (Å²) in [6.45, 7) is 9.44. The molecule has 1 aliphatic rings. The fourth-order valence-electron chi connectivity index (χ4n) is 2.14. The normalized spacial score (nSPS) is 17.2. The molecule has 0 unspecified atom stereocenters. The van der Waals surface area contributed by atoms with Crippen LogP contribution in [0.25, 0.3) is 0 Å². The van der Waals surface area contributed by atoms with E-state index >= 15 is 0 Å². The van der Waals surface area contributed by atoms with Gasteiger partial charge in [-0.1, -0.05) is 6.07 Å². The Morgan fingerprint density at radius 2 is 2.05 bits per heavy atom. The van der Waals surface area contributed by atoms with Crippen molar-refractivity contribution < 1.29 is 4.74 Å². The third-order valence-electron chi connectivity index (χ3n) is 3.58. The highest BCUT2D eigenvalue weighted by Crippen LogP contribution is 2.13. The largest absolute Gasteiger partial charge is 0.379 e. The minimum Gasteiger partial charge on any atom is -0.379 e. The Labute approximate surface area is 120 Å². The van der Waals surface area contributed by atoms with Crippen LogP contribution >= 0.6 is 0 Å². The van der Waals surface area contributed by atoms with Crippen LogP contribution in [-0.2, 0) is 4.74 Å². The Hall–Kier alpha value is -1.59. The summed E-state index contributed by atoms with van der Waals surface area (Å²) in [5, 5.41) is 3.13.